The fourth-order valence-corrected chi connectivity index (χ4v) is 7.52. The first-order valence-electron chi connectivity index (χ1n) is 9.96. The molecule has 0 amide bonds. The molecule has 4 aliphatic carbocycles. The van der Waals surface area contributed by atoms with Gasteiger partial charge in [-0.05, 0) is 67.1 Å². The van der Waals surface area contributed by atoms with Gasteiger partial charge in [-0.15, -0.1) is 0 Å². The summed E-state index contributed by atoms with van der Waals surface area (Å²) in [7, 11) is 0. The fraction of sp³-hybridized carbons (Fsp3) is 0.905. The molecule has 0 N–H and O–H groups in total. The zero-order chi connectivity index (χ0) is 16.4. The second-order valence-corrected chi connectivity index (χ2v) is 9.49. The third-order valence-corrected chi connectivity index (χ3v) is 9.02. The highest BCUT2D eigenvalue weighted by Crippen LogP contribution is 2.66. The summed E-state index contributed by atoms with van der Waals surface area (Å²) in [5.41, 5.74) is 0.210. The third-order valence-electron chi connectivity index (χ3n) is 9.02. The Morgan fingerprint density at radius 2 is 1.78 bits per heavy atom. The van der Waals surface area contributed by atoms with E-state index in [0.717, 1.165) is 38.0 Å². The smallest absolute Gasteiger partial charge is 0.139 e. The maximum atomic E-state index is 13.2. The molecular weight excluding hydrogens is 284 g/mol. The summed E-state index contributed by atoms with van der Waals surface area (Å²) in [6.07, 6.45) is 9.54. The lowest BCUT2D eigenvalue weighted by Gasteiger charge is -2.59. The van der Waals surface area contributed by atoms with Crippen LogP contribution >= 0.6 is 0 Å². The van der Waals surface area contributed by atoms with Gasteiger partial charge in [-0.2, -0.15) is 0 Å². The molecule has 23 heavy (non-hydrogen) atoms. The Morgan fingerprint density at radius 1 is 1.00 bits per heavy atom. The number of hydrogen-bond donors (Lipinski definition) is 0. The van der Waals surface area contributed by atoms with Crippen LogP contribution in [-0.2, 0) is 9.59 Å². The van der Waals surface area contributed by atoms with E-state index in [1.807, 2.05) is 0 Å². The van der Waals surface area contributed by atoms with Crippen molar-refractivity contribution in [2.45, 2.75) is 78.6 Å². The first kappa shape index (κ1) is 15.8. The normalized spacial score (nSPS) is 52.7. The van der Waals surface area contributed by atoms with Crippen LogP contribution in [-0.4, -0.2) is 11.6 Å². The molecular formula is C21H32O2. The number of ketones is 2. The zero-order valence-electron chi connectivity index (χ0n) is 15.1. The summed E-state index contributed by atoms with van der Waals surface area (Å²) in [5, 5.41) is 0. The molecule has 0 aromatic rings. The molecule has 0 heterocycles. The van der Waals surface area contributed by atoms with Crippen LogP contribution in [0.3, 0.4) is 0 Å². The molecule has 7 atom stereocenters. The maximum absolute atomic E-state index is 13.2. The minimum Gasteiger partial charge on any atom is -0.300 e. The van der Waals surface area contributed by atoms with Crippen LogP contribution in [0.15, 0.2) is 0 Å². The summed E-state index contributed by atoms with van der Waals surface area (Å²) < 4.78 is 0. The van der Waals surface area contributed by atoms with E-state index in [4.69, 9.17) is 0 Å². The Balaban J connectivity index is 1.68. The number of carbonyl (C=O) groups excluding carboxylic acids is 2. The second-order valence-electron chi connectivity index (χ2n) is 9.49. The van der Waals surface area contributed by atoms with Crippen LogP contribution in [0.5, 0.6) is 0 Å². The third kappa shape index (κ3) is 1.99. The average Bonchev–Trinajstić information content (AvgIpc) is 2.87. The number of Topliss-reactive ketones (excluding diaryl/α,β-unsaturated/α-hetero) is 2. The largest absolute Gasteiger partial charge is 0.300 e. The van der Waals surface area contributed by atoms with Crippen LogP contribution in [0.4, 0.5) is 0 Å². The highest BCUT2D eigenvalue weighted by molar-refractivity contribution is 5.87. The highest BCUT2D eigenvalue weighted by Gasteiger charge is 2.62. The highest BCUT2D eigenvalue weighted by atomic mass is 16.1. The van der Waals surface area contributed by atoms with E-state index < -0.39 is 0 Å². The number of rotatable bonds is 1. The minimum atomic E-state index is -0.0381. The van der Waals surface area contributed by atoms with Gasteiger partial charge < -0.3 is 0 Å². The van der Waals surface area contributed by atoms with Gasteiger partial charge in [0, 0.05) is 24.7 Å². The van der Waals surface area contributed by atoms with Crippen molar-refractivity contribution in [1.29, 1.82) is 0 Å². The Hall–Kier alpha value is -0.660. The number of carbonyl (C=O) groups is 2. The van der Waals surface area contributed by atoms with Crippen LogP contribution in [0.25, 0.3) is 0 Å². The van der Waals surface area contributed by atoms with Gasteiger partial charge in [-0.25, -0.2) is 0 Å². The van der Waals surface area contributed by atoms with E-state index in [0.29, 0.717) is 35.2 Å². The van der Waals surface area contributed by atoms with Crippen molar-refractivity contribution >= 4 is 11.6 Å². The van der Waals surface area contributed by atoms with Crippen LogP contribution < -0.4 is 0 Å². The van der Waals surface area contributed by atoms with Crippen molar-refractivity contribution in [2.75, 3.05) is 0 Å². The van der Waals surface area contributed by atoms with E-state index >= 15 is 0 Å². The van der Waals surface area contributed by atoms with E-state index in [9.17, 15) is 9.59 Å². The summed E-state index contributed by atoms with van der Waals surface area (Å²) in [5.74, 6) is 4.09. The summed E-state index contributed by atoms with van der Waals surface area (Å²) >= 11 is 0. The van der Waals surface area contributed by atoms with Crippen LogP contribution in [0, 0.1) is 40.4 Å². The van der Waals surface area contributed by atoms with Crippen molar-refractivity contribution in [3.05, 3.63) is 0 Å². The summed E-state index contributed by atoms with van der Waals surface area (Å²) in [6, 6.07) is 0. The molecule has 0 saturated heterocycles. The number of hydrogen-bond acceptors (Lipinski definition) is 2. The molecule has 128 valence electrons. The van der Waals surface area contributed by atoms with Crippen molar-refractivity contribution in [1.82, 2.24) is 0 Å². The predicted molar refractivity (Wildman–Crippen MR) is 90.9 cm³/mol. The van der Waals surface area contributed by atoms with Gasteiger partial charge in [0.2, 0.25) is 0 Å². The Morgan fingerprint density at radius 3 is 2.52 bits per heavy atom. The molecule has 0 spiro atoms. The fourth-order valence-electron chi connectivity index (χ4n) is 7.52. The summed E-state index contributed by atoms with van der Waals surface area (Å²) in [6.45, 7) is 6.99. The van der Waals surface area contributed by atoms with Crippen molar-refractivity contribution in [3.8, 4) is 0 Å². The zero-order valence-corrected chi connectivity index (χ0v) is 15.1. The van der Waals surface area contributed by atoms with Crippen molar-refractivity contribution in [3.63, 3.8) is 0 Å². The maximum Gasteiger partial charge on any atom is 0.139 e. The first-order valence-corrected chi connectivity index (χ1v) is 9.96. The molecule has 2 nitrogen and oxygen atoms in total. The molecule has 1 unspecified atom stereocenters. The van der Waals surface area contributed by atoms with E-state index in [-0.39, 0.29) is 10.8 Å². The van der Waals surface area contributed by atoms with Gasteiger partial charge in [0.1, 0.15) is 11.6 Å². The Bertz CT molecular complexity index is 538. The number of fused-ring (bicyclic) bond motifs is 5. The van der Waals surface area contributed by atoms with E-state index in [2.05, 4.69) is 20.8 Å². The lowest BCUT2D eigenvalue weighted by Crippen LogP contribution is -2.56. The molecule has 0 radical (unpaired) electrons. The molecule has 0 aromatic heterocycles. The lowest BCUT2D eigenvalue weighted by molar-refractivity contribution is -0.157. The van der Waals surface area contributed by atoms with Gasteiger partial charge in [0.25, 0.3) is 0 Å². The van der Waals surface area contributed by atoms with E-state index in [1.165, 1.54) is 25.7 Å². The predicted octanol–water partition coefficient (Wildman–Crippen LogP) is 4.80. The second kappa shape index (κ2) is 5.17. The quantitative estimate of drug-likeness (QED) is 0.696. The Kier molecular flexibility index (Phi) is 3.56. The van der Waals surface area contributed by atoms with Gasteiger partial charge >= 0.3 is 0 Å². The summed E-state index contributed by atoms with van der Waals surface area (Å²) in [4.78, 5) is 25.2. The molecule has 0 bridgehead atoms. The topological polar surface area (TPSA) is 34.1 Å². The van der Waals surface area contributed by atoms with Crippen LogP contribution in [0.1, 0.15) is 78.6 Å². The van der Waals surface area contributed by atoms with Crippen molar-refractivity contribution < 1.29 is 9.59 Å². The molecule has 4 fully saturated rings. The molecule has 2 heteroatoms. The van der Waals surface area contributed by atoms with E-state index in [1.54, 1.807) is 0 Å². The first-order chi connectivity index (χ1) is 10.9. The minimum absolute atomic E-state index is 0.0381. The lowest BCUT2D eigenvalue weighted by atomic mass is 9.44. The molecule has 4 saturated carbocycles. The van der Waals surface area contributed by atoms with Gasteiger partial charge in [-0.3, -0.25) is 9.59 Å². The standard InChI is InChI=1S/C21H32O2/c1-4-13-6-8-17-16-7-5-14-11-15(22)9-10-20(14,2)18(16)12-19(23)21(13,17)3/h13-14,16-18H,4-12H2,1-3H3/t13-,14?,16-,17-,18-,20-,21+/m0/s1. The van der Waals surface area contributed by atoms with Gasteiger partial charge in [0.15, 0.2) is 0 Å². The molecule has 0 aromatic carbocycles. The van der Waals surface area contributed by atoms with Crippen LogP contribution in [0.2, 0.25) is 0 Å². The van der Waals surface area contributed by atoms with Gasteiger partial charge in [-0.1, -0.05) is 27.2 Å². The SMILES string of the molecule is CC[C@H]1CC[C@H]2[C@@H]3CCC4CC(=O)CC[C@]4(C)[C@H]3CC(=O)[C@]12C. The van der Waals surface area contributed by atoms with Gasteiger partial charge in [0.05, 0.1) is 0 Å². The average molecular weight is 316 g/mol. The molecule has 0 aliphatic heterocycles. The van der Waals surface area contributed by atoms with Crippen molar-refractivity contribution in [2.24, 2.45) is 40.4 Å². The Labute approximate surface area is 140 Å². The monoisotopic (exact) mass is 316 g/mol. The molecule has 4 aliphatic rings. The molecule has 4 rings (SSSR count).